The van der Waals surface area contributed by atoms with E-state index in [0.717, 1.165) is 36.4 Å². The van der Waals surface area contributed by atoms with Gasteiger partial charge in [-0.1, -0.05) is 39.6 Å². The number of hydrogen-bond acceptors (Lipinski definition) is 8. The Morgan fingerprint density at radius 3 is 2.40 bits per heavy atom. The van der Waals surface area contributed by atoms with Crippen LogP contribution < -0.4 is 14.7 Å². The van der Waals surface area contributed by atoms with E-state index in [9.17, 15) is 8.78 Å². The summed E-state index contributed by atoms with van der Waals surface area (Å²) >= 11 is 0. The number of piperazine rings is 1. The lowest BCUT2D eigenvalue weighted by atomic mass is 10.1. The van der Waals surface area contributed by atoms with Crippen LogP contribution in [0.1, 0.15) is 17.0 Å². The molecule has 0 radical (unpaired) electrons. The average Bonchev–Trinajstić information content (AvgIpc) is 3.30. The third-order valence-corrected chi connectivity index (χ3v) is 6.73. The maximum absolute atomic E-state index is 13.7. The zero-order valence-corrected chi connectivity index (χ0v) is 20.1. The molecule has 0 aliphatic carbocycles. The van der Waals surface area contributed by atoms with Crippen LogP contribution in [0.3, 0.4) is 0 Å². The molecule has 1 unspecified atom stereocenters. The van der Waals surface area contributed by atoms with E-state index < -0.39 is 5.66 Å². The molecule has 3 aromatic heterocycles. The molecule has 0 spiro atoms. The topological polar surface area (TPSA) is 90.0 Å². The zero-order chi connectivity index (χ0) is 24.0. The molecule has 4 aromatic rings. The second-order valence-electron chi connectivity index (χ2n) is 8.74. The van der Waals surface area contributed by atoms with Crippen LogP contribution in [0.25, 0.3) is 11.0 Å². The van der Waals surface area contributed by atoms with Gasteiger partial charge >= 0.3 is 0 Å². The number of benzene rings is 1. The van der Waals surface area contributed by atoms with Crippen molar-refractivity contribution in [3.05, 3.63) is 59.5 Å². The second kappa shape index (κ2) is 8.64. The third-order valence-electron chi connectivity index (χ3n) is 6.43. The highest BCUT2D eigenvalue weighted by Crippen LogP contribution is 2.35. The molecular formula is C23H24F2N9P. The number of anilines is 3. The number of aromatic nitrogens is 6. The molecule has 2 aliphatic rings. The van der Waals surface area contributed by atoms with Gasteiger partial charge in [-0.25, -0.2) is 9.97 Å². The van der Waals surface area contributed by atoms with Crippen LogP contribution in [0.2, 0.25) is 0 Å². The van der Waals surface area contributed by atoms with Gasteiger partial charge in [0.05, 0.1) is 11.1 Å². The van der Waals surface area contributed by atoms with E-state index in [1.807, 2.05) is 23.1 Å². The highest BCUT2D eigenvalue weighted by molar-refractivity contribution is 7.17. The van der Waals surface area contributed by atoms with E-state index >= 15 is 0 Å². The van der Waals surface area contributed by atoms with Crippen LogP contribution in [0.4, 0.5) is 26.5 Å². The van der Waals surface area contributed by atoms with Crippen LogP contribution in [-0.4, -0.2) is 62.9 Å². The van der Waals surface area contributed by atoms with Gasteiger partial charge in [0, 0.05) is 51.9 Å². The first-order valence-corrected chi connectivity index (χ1v) is 12.1. The number of aromatic amines is 1. The van der Waals surface area contributed by atoms with Gasteiger partial charge in [-0.2, -0.15) is 23.8 Å². The molecule has 35 heavy (non-hydrogen) atoms. The van der Waals surface area contributed by atoms with Crippen molar-refractivity contribution in [3.8, 4) is 0 Å². The van der Waals surface area contributed by atoms with Gasteiger partial charge in [0.1, 0.15) is 11.5 Å². The first-order valence-electron chi connectivity index (χ1n) is 11.5. The van der Waals surface area contributed by atoms with Gasteiger partial charge in [-0.05, 0) is 11.6 Å². The van der Waals surface area contributed by atoms with Crippen LogP contribution in [0, 0.1) is 0 Å². The molecule has 1 atom stereocenters. The molecule has 9 nitrogen and oxygen atoms in total. The van der Waals surface area contributed by atoms with Crippen molar-refractivity contribution in [2.75, 3.05) is 47.4 Å². The Balaban J connectivity index is 1.24. The van der Waals surface area contributed by atoms with Gasteiger partial charge in [0.2, 0.25) is 11.9 Å². The summed E-state index contributed by atoms with van der Waals surface area (Å²) in [7, 11) is 1.52. The molecular weight excluding hydrogens is 471 g/mol. The summed E-state index contributed by atoms with van der Waals surface area (Å²) < 4.78 is 27.4. The second-order valence-corrected chi connectivity index (χ2v) is 9.47. The van der Waals surface area contributed by atoms with Crippen molar-refractivity contribution < 1.29 is 8.78 Å². The number of nitrogens with zero attached hydrogens (tertiary/aromatic N) is 8. The predicted molar refractivity (Wildman–Crippen MR) is 133 cm³/mol. The molecule has 1 saturated heterocycles. The maximum Gasteiger partial charge on any atom is 0.300 e. The predicted octanol–water partition coefficient (Wildman–Crippen LogP) is 2.96. The summed E-state index contributed by atoms with van der Waals surface area (Å²) in [6.45, 7) is 3.98. The number of alkyl halides is 2. The van der Waals surface area contributed by atoms with Crippen molar-refractivity contribution in [3.63, 3.8) is 0 Å². The normalized spacial score (nSPS) is 16.3. The van der Waals surface area contributed by atoms with E-state index in [1.54, 1.807) is 0 Å². The third kappa shape index (κ3) is 4.25. The van der Waals surface area contributed by atoms with Crippen LogP contribution >= 0.6 is 9.24 Å². The van der Waals surface area contributed by atoms with Gasteiger partial charge in [-0.3, -0.25) is 5.10 Å². The Hall–Kier alpha value is -3.46. The highest BCUT2D eigenvalue weighted by atomic mass is 31.0. The Morgan fingerprint density at radius 2 is 1.66 bits per heavy atom. The number of H-pyrrole nitrogens is 1. The Labute approximate surface area is 202 Å². The lowest BCUT2D eigenvalue weighted by Crippen LogP contribution is -2.48. The fraction of sp³-hybridized carbons (Fsp3) is 0.348. The molecule has 5 heterocycles. The maximum atomic E-state index is 13.7. The molecule has 12 heteroatoms. The SMILES string of the molecule is FC(F)(P)c1ccnc(N2CCN(c3nc4c5c([nH]nc5n3)CCN4Cc3ccccc3)CC2)n1. The smallest absolute Gasteiger partial charge is 0.300 e. The summed E-state index contributed by atoms with van der Waals surface area (Å²) in [5, 5.41) is 8.56. The molecule has 1 fully saturated rings. The van der Waals surface area contributed by atoms with E-state index in [0.29, 0.717) is 43.7 Å². The van der Waals surface area contributed by atoms with E-state index in [2.05, 4.69) is 42.1 Å². The van der Waals surface area contributed by atoms with Crippen molar-refractivity contribution in [2.24, 2.45) is 0 Å². The molecule has 1 N–H and O–H groups in total. The summed E-state index contributed by atoms with van der Waals surface area (Å²) in [6.07, 6.45) is 2.24. The van der Waals surface area contributed by atoms with Crippen LogP contribution in [0.15, 0.2) is 42.6 Å². The van der Waals surface area contributed by atoms with Crippen molar-refractivity contribution in [1.29, 1.82) is 0 Å². The average molecular weight is 495 g/mol. The first kappa shape index (κ1) is 22.0. The Morgan fingerprint density at radius 1 is 0.914 bits per heavy atom. The molecule has 0 amide bonds. The highest BCUT2D eigenvalue weighted by Gasteiger charge is 2.30. The molecule has 2 aliphatic heterocycles. The van der Waals surface area contributed by atoms with Gasteiger partial charge in [-0.15, -0.1) is 0 Å². The molecule has 6 rings (SSSR count). The lowest BCUT2D eigenvalue weighted by Gasteiger charge is -2.35. The molecule has 1 aromatic carbocycles. The van der Waals surface area contributed by atoms with Crippen molar-refractivity contribution in [2.45, 2.75) is 18.6 Å². The minimum Gasteiger partial charge on any atom is -0.351 e. The number of nitrogens with one attached hydrogen (secondary N) is 1. The van der Waals surface area contributed by atoms with E-state index in [-0.39, 0.29) is 5.69 Å². The molecule has 180 valence electrons. The zero-order valence-electron chi connectivity index (χ0n) is 18.9. The number of rotatable bonds is 5. The summed E-state index contributed by atoms with van der Waals surface area (Å²) in [6, 6.07) is 11.6. The van der Waals surface area contributed by atoms with Crippen LogP contribution in [0.5, 0.6) is 0 Å². The number of halogens is 2. The summed E-state index contributed by atoms with van der Waals surface area (Å²) in [5.41, 5.74) is -0.439. The summed E-state index contributed by atoms with van der Waals surface area (Å²) in [5.74, 6) is 1.82. The molecule has 0 bridgehead atoms. The van der Waals surface area contributed by atoms with Gasteiger partial charge < -0.3 is 14.7 Å². The van der Waals surface area contributed by atoms with Crippen molar-refractivity contribution in [1.82, 2.24) is 30.1 Å². The van der Waals surface area contributed by atoms with Gasteiger partial charge in [0.15, 0.2) is 5.65 Å². The minimum absolute atomic E-state index is 0.307. The minimum atomic E-state index is -3.09. The van der Waals surface area contributed by atoms with E-state index in [1.165, 1.54) is 27.1 Å². The van der Waals surface area contributed by atoms with Gasteiger partial charge in [0.25, 0.3) is 5.66 Å². The monoisotopic (exact) mass is 495 g/mol. The van der Waals surface area contributed by atoms with Crippen molar-refractivity contribution >= 4 is 38.0 Å². The van der Waals surface area contributed by atoms with E-state index in [4.69, 9.17) is 9.97 Å². The summed E-state index contributed by atoms with van der Waals surface area (Å²) in [4.78, 5) is 24.3. The molecule has 0 saturated carbocycles. The fourth-order valence-corrected chi connectivity index (χ4v) is 4.77. The first-order chi connectivity index (χ1) is 17.0. The lowest BCUT2D eigenvalue weighted by molar-refractivity contribution is 0.0985. The fourth-order valence-electron chi connectivity index (χ4n) is 4.61. The van der Waals surface area contributed by atoms with Crippen LogP contribution in [-0.2, 0) is 18.6 Å². The largest absolute Gasteiger partial charge is 0.351 e. The Kier molecular flexibility index (Phi) is 5.44. The Bertz CT molecular complexity index is 1350. The standard InChI is InChI=1S/C23H24F2N9P/c24-23(25,35)17-6-8-26-21(27-17)32-10-12-33(13-11-32)22-28-19-18-16(30-31-19)7-9-34(20(18)29-22)14-15-4-2-1-3-5-15/h1-6,8H,7,9-14,35H2,(H,28,29,30,31). The quantitative estimate of drug-likeness (QED) is 0.423. The number of hydrogen-bond donors (Lipinski definition) is 1.